The van der Waals surface area contributed by atoms with Gasteiger partial charge < -0.3 is 23.5 Å². The number of carbonyl (C=O) groups excluding carboxylic acids is 1. The Labute approximate surface area is 170 Å². The van der Waals surface area contributed by atoms with Crippen LogP contribution in [0.4, 0.5) is 4.39 Å². The van der Waals surface area contributed by atoms with Crippen molar-refractivity contribution in [3.05, 3.63) is 46.5 Å². The summed E-state index contributed by atoms with van der Waals surface area (Å²) in [5.41, 5.74) is 1.06. The summed E-state index contributed by atoms with van der Waals surface area (Å²) in [6.07, 6.45) is 0. The Kier molecular flexibility index (Phi) is 6.50. The molecule has 0 aliphatic carbocycles. The van der Waals surface area contributed by atoms with Gasteiger partial charge in [0.25, 0.3) is 5.91 Å². The van der Waals surface area contributed by atoms with E-state index in [4.69, 9.17) is 18.9 Å². The van der Waals surface area contributed by atoms with E-state index in [9.17, 15) is 9.18 Å². The number of aromatic nitrogens is 1. The first-order chi connectivity index (χ1) is 14.0. The third-order valence-electron chi connectivity index (χ3n) is 4.27. The van der Waals surface area contributed by atoms with E-state index in [2.05, 4.69) is 4.99 Å². The molecule has 3 rings (SSSR count). The molecule has 0 spiro atoms. The molecule has 1 amide bonds. The molecule has 154 valence electrons. The van der Waals surface area contributed by atoms with Crippen LogP contribution in [0.3, 0.4) is 0 Å². The van der Waals surface area contributed by atoms with Crippen LogP contribution in [0.2, 0.25) is 0 Å². The fourth-order valence-electron chi connectivity index (χ4n) is 2.89. The third kappa shape index (κ3) is 4.25. The lowest BCUT2D eigenvalue weighted by molar-refractivity contribution is 0.0996. The zero-order valence-electron chi connectivity index (χ0n) is 16.5. The van der Waals surface area contributed by atoms with Crippen LogP contribution in [0, 0.1) is 5.82 Å². The number of hydrogen-bond donors (Lipinski definition) is 0. The van der Waals surface area contributed by atoms with Crippen LogP contribution in [0.5, 0.6) is 17.2 Å². The molecular weight excluding hydrogens is 399 g/mol. The van der Waals surface area contributed by atoms with Gasteiger partial charge in [0.2, 0.25) is 5.75 Å². The first-order valence-electron chi connectivity index (χ1n) is 8.69. The summed E-state index contributed by atoms with van der Waals surface area (Å²) in [7, 11) is 6.03. The van der Waals surface area contributed by atoms with Crippen LogP contribution in [0.25, 0.3) is 10.2 Å². The van der Waals surface area contributed by atoms with E-state index >= 15 is 0 Å². The molecule has 0 saturated carbocycles. The zero-order valence-corrected chi connectivity index (χ0v) is 17.3. The van der Waals surface area contributed by atoms with Gasteiger partial charge in [-0.05, 0) is 30.3 Å². The summed E-state index contributed by atoms with van der Waals surface area (Å²) in [6.45, 7) is 0.901. The van der Waals surface area contributed by atoms with Crippen LogP contribution in [0.15, 0.2) is 35.3 Å². The van der Waals surface area contributed by atoms with Gasteiger partial charge in [-0.25, -0.2) is 4.39 Å². The molecule has 29 heavy (non-hydrogen) atoms. The number of nitrogens with zero attached hydrogens (tertiary/aromatic N) is 2. The van der Waals surface area contributed by atoms with Gasteiger partial charge in [-0.3, -0.25) is 4.79 Å². The highest BCUT2D eigenvalue weighted by atomic mass is 32.1. The van der Waals surface area contributed by atoms with Crippen molar-refractivity contribution in [2.45, 2.75) is 6.54 Å². The van der Waals surface area contributed by atoms with E-state index in [-0.39, 0.29) is 11.4 Å². The second-order valence-electron chi connectivity index (χ2n) is 5.97. The summed E-state index contributed by atoms with van der Waals surface area (Å²) >= 11 is 1.23. The molecule has 1 heterocycles. The van der Waals surface area contributed by atoms with Crippen molar-refractivity contribution in [3.63, 3.8) is 0 Å². The van der Waals surface area contributed by atoms with Gasteiger partial charge in [0.1, 0.15) is 5.82 Å². The second-order valence-corrected chi connectivity index (χ2v) is 6.98. The number of amides is 1. The maximum atomic E-state index is 13.6. The van der Waals surface area contributed by atoms with Crippen LogP contribution in [-0.2, 0) is 11.3 Å². The van der Waals surface area contributed by atoms with Gasteiger partial charge in [-0.2, -0.15) is 4.99 Å². The first-order valence-corrected chi connectivity index (χ1v) is 9.51. The average molecular weight is 420 g/mol. The van der Waals surface area contributed by atoms with E-state index in [1.165, 1.54) is 44.8 Å². The van der Waals surface area contributed by atoms with Gasteiger partial charge in [0, 0.05) is 19.2 Å². The average Bonchev–Trinajstić information content (AvgIpc) is 3.06. The Balaban J connectivity index is 2.12. The number of halogens is 1. The molecule has 7 nitrogen and oxygen atoms in total. The second kappa shape index (κ2) is 9.06. The number of carbonyl (C=O) groups is 1. The van der Waals surface area contributed by atoms with Gasteiger partial charge in [-0.15, -0.1) is 0 Å². The Morgan fingerprint density at radius 2 is 1.76 bits per heavy atom. The third-order valence-corrected chi connectivity index (χ3v) is 5.31. The van der Waals surface area contributed by atoms with Crippen molar-refractivity contribution >= 4 is 27.5 Å². The summed E-state index contributed by atoms with van der Waals surface area (Å²) < 4.78 is 37.2. The van der Waals surface area contributed by atoms with E-state index in [0.29, 0.717) is 39.9 Å². The highest BCUT2D eigenvalue weighted by molar-refractivity contribution is 7.16. The predicted octanol–water partition coefficient (Wildman–Crippen LogP) is 3.26. The topological polar surface area (TPSA) is 71.3 Å². The summed E-state index contributed by atoms with van der Waals surface area (Å²) in [5.74, 6) is 0.272. The van der Waals surface area contributed by atoms with E-state index in [1.54, 1.807) is 25.3 Å². The largest absolute Gasteiger partial charge is 0.493 e. The Bertz CT molecular complexity index is 1080. The molecule has 1 aromatic heterocycles. The van der Waals surface area contributed by atoms with E-state index < -0.39 is 5.91 Å². The molecular formula is C20H21FN2O5S. The number of methoxy groups -OCH3 is 4. The molecule has 0 atom stereocenters. The number of thiazole rings is 1. The number of hydrogen-bond acceptors (Lipinski definition) is 6. The Morgan fingerprint density at radius 1 is 1.07 bits per heavy atom. The molecule has 0 fully saturated rings. The van der Waals surface area contributed by atoms with Crippen molar-refractivity contribution in [1.82, 2.24) is 4.57 Å². The maximum absolute atomic E-state index is 13.6. The van der Waals surface area contributed by atoms with E-state index in [1.807, 2.05) is 4.57 Å². The molecule has 0 N–H and O–H groups in total. The van der Waals surface area contributed by atoms with E-state index in [0.717, 1.165) is 5.52 Å². The standard InChI is InChI=1S/C20H21FN2O5S/c1-25-8-7-23-14-6-5-13(21)11-17(14)29-20(23)22-19(24)12-9-15(26-2)18(28-4)16(10-12)27-3/h5-6,9-11H,7-8H2,1-4H3. The van der Waals surface area contributed by atoms with Crippen molar-refractivity contribution in [2.75, 3.05) is 35.0 Å². The zero-order chi connectivity index (χ0) is 21.0. The highest BCUT2D eigenvalue weighted by Crippen LogP contribution is 2.38. The molecule has 0 aliphatic rings. The van der Waals surface area contributed by atoms with Crippen molar-refractivity contribution in [2.24, 2.45) is 4.99 Å². The minimum Gasteiger partial charge on any atom is -0.493 e. The first kappa shape index (κ1) is 20.8. The molecule has 0 saturated heterocycles. The Hall–Kier alpha value is -2.91. The molecule has 0 bridgehead atoms. The minimum atomic E-state index is -0.484. The lowest BCUT2D eigenvalue weighted by Gasteiger charge is -2.12. The summed E-state index contributed by atoms with van der Waals surface area (Å²) in [5, 5.41) is 0. The smallest absolute Gasteiger partial charge is 0.279 e. The quantitative estimate of drug-likeness (QED) is 0.587. The number of ether oxygens (including phenoxy) is 4. The normalized spacial score (nSPS) is 11.7. The van der Waals surface area contributed by atoms with Gasteiger partial charge in [0.05, 0.1) is 38.2 Å². The fourth-order valence-corrected chi connectivity index (χ4v) is 3.97. The maximum Gasteiger partial charge on any atom is 0.279 e. The lowest BCUT2D eigenvalue weighted by atomic mass is 10.1. The summed E-state index contributed by atoms with van der Waals surface area (Å²) in [4.78, 5) is 17.6. The minimum absolute atomic E-state index is 0.279. The monoisotopic (exact) mass is 420 g/mol. The van der Waals surface area contributed by atoms with Crippen molar-refractivity contribution < 1.29 is 28.1 Å². The molecule has 9 heteroatoms. The van der Waals surface area contributed by atoms with Crippen LogP contribution >= 0.6 is 11.3 Å². The molecule has 2 aromatic carbocycles. The molecule has 0 radical (unpaired) electrons. The number of rotatable bonds is 7. The number of fused-ring (bicyclic) bond motifs is 1. The Morgan fingerprint density at radius 3 is 2.34 bits per heavy atom. The van der Waals surface area contributed by atoms with Crippen molar-refractivity contribution in [1.29, 1.82) is 0 Å². The molecule has 3 aromatic rings. The predicted molar refractivity (Wildman–Crippen MR) is 108 cm³/mol. The van der Waals surface area contributed by atoms with Gasteiger partial charge in [0.15, 0.2) is 16.3 Å². The SMILES string of the molecule is COCCn1c(=NC(=O)c2cc(OC)c(OC)c(OC)c2)sc2cc(F)ccc21. The molecule has 0 aliphatic heterocycles. The van der Waals surface area contributed by atoms with Crippen molar-refractivity contribution in [3.8, 4) is 17.2 Å². The van der Waals surface area contributed by atoms with Crippen LogP contribution < -0.4 is 19.0 Å². The fraction of sp³-hybridized carbons (Fsp3) is 0.300. The van der Waals surface area contributed by atoms with Gasteiger partial charge in [-0.1, -0.05) is 11.3 Å². The highest BCUT2D eigenvalue weighted by Gasteiger charge is 2.17. The van der Waals surface area contributed by atoms with Crippen LogP contribution in [0.1, 0.15) is 10.4 Å². The van der Waals surface area contributed by atoms with Gasteiger partial charge >= 0.3 is 0 Å². The number of benzene rings is 2. The lowest BCUT2D eigenvalue weighted by Crippen LogP contribution is -2.19. The molecule has 0 unspecified atom stereocenters. The summed E-state index contributed by atoms with van der Waals surface area (Å²) in [6, 6.07) is 7.55. The van der Waals surface area contributed by atoms with Crippen LogP contribution in [-0.4, -0.2) is 45.5 Å².